The van der Waals surface area contributed by atoms with Gasteiger partial charge in [0.1, 0.15) is 5.75 Å². The standard InChI is InChI=1S/C23H18F6N2O5S2/c1-36-21-19(10-6-3-7-13-30-37(32,33)22(24,25)26)17-8-4-2-5-9-18(17)20(21)16-11-14-31(15-12-16)38(34,35)23(27,28)29/h2-16H,1H3/b7-3+,10-6+,30-13+. The lowest BCUT2D eigenvalue weighted by atomic mass is 9.95. The van der Waals surface area contributed by atoms with E-state index >= 15 is 0 Å². The zero-order chi connectivity index (χ0) is 28.4. The van der Waals surface area contributed by atoms with Gasteiger partial charge in [-0.15, -0.1) is 0 Å². The van der Waals surface area contributed by atoms with Crippen molar-refractivity contribution in [3.63, 3.8) is 0 Å². The summed E-state index contributed by atoms with van der Waals surface area (Å²) in [7, 11) is -9.91. The zero-order valence-electron chi connectivity index (χ0n) is 19.2. The molecule has 0 radical (unpaired) electrons. The summed E-state index contributed by atoms with van der Waals surface area (Å²) in [6, 6.07) is 8.63. The molecule has 0 saturated carbocycles. The molecule has 0 spiro atoms. The highest BCUT2D eigenvalue weighted by Gasteiger charge is 2.49. The third-order valence-corrected chi connectivity index (χ3v) is 7.53. The molecule has 0 aromatic heterocycles. The van der Waals surface area contributed by atoms with Crippen LogP contribution < -0.4 is 4.74 Å². The van der Waals surface area contributed by atoms with Gasteiger partial charge in [-0.3, -0.25) is 0 Å². The van der Waals surface area contributed by atoms with Crippen LogP contribution in [0.2, 0.25) is 0 Å². The highest BCUT2D eigenvalue weighted by atomic mass is 32.2. The van der Waals surface area contributed by atoms with Gasteiger partial charge in [-0.2, -0.15) is 47.6 Å². The SMILES string of the molecule is COc1c(/C=C/C=C/C=N/S(=O)(=O)C(F)(F)F)c2cccccc-2c1C1C=CN(S(=O)(=O)C(F)(F)F)C=C1. The fourth-order valence-electron chi connectivity index (χ4n) is 3.50. The summed E-state index contributed by atoms with van der Waals surface area (Å²) in [6.45, 7) is 0. The maximum atomic E-state index is 12.9. The summed E-state index contributed by atoms with van der Waals surface area (Å²) in [5.41, 5.74) is -8.69. The molecule has 0 amide bonds. The van der Waals surface area contributed by atoms with Gasteiger partial charge in [0.25, 0.3) is 0 Å². The molecule has 15 heteroatoms. The van der Waals surface area contributed by atoms with Crippen molar-refractivity contribution in [2.75, 3.05) is 7.11 Å². The maximum absolute atomic E-state index is 12.9. The summed E-state index contributed by atoms with van der Waals surface area (Å²) in [6.07, 6.45) is 9.71. The first-order valence-corrected chi connectivity index (χ1v) is 13.2. The minimum absolute atomic E-state index is 0.0628. The van der Waals surface area contributed by atoms with E-state index in [0.29, 0.717) is 34.2 Å². The van der Waals surface area contributed by atoms with Crippen LogP contribution in [0.25, 0.3) is 17.2 Å². The van der Waals surface area contributed by atoms with Gasteiger partial charge in [-0.05, 0) is 17.2 Å². The van der Waals surface area contributed by atoms with Gasteiger partial charge >= 0.3 is 31.1 Å². The van der Waals surface area contributed by atoms with Gasteiger partial charge in [0.05, 0.1) is 7.11 Å². The number of halogens is 6. The average molecular weight is 581 g/mol. The Bertz CT molecular complexity index is 1510. The van der Waals surface area contributed by atoms with Crippen LogP contribution in [0, 0.1) is 0 Å². The van der Waals surface area contributed by atoms with Crippen molar-refractivity contribution in [1.29, 1.82) is 0 Å². The third-order valence-electron chi connectivity index (χ3n) is 5.16. The van der Waals surface area contributed by atoms with Crippen LogP contribution >= 0.6 is 0 Å². The largest absolute Gasteiger partial charge is 0.518 e. The van der Waals surface area contributed by atoms with E-state index in [-0.39, 0.29) is 4.31 Å². The van der Waals surface area contributed by atoms with Crippen molar-refractivity contribution in [3.8, 4) is 16.9 Å². The number of alkyl halides is 6. The normalized spacial score (nSPS) is 16.0. The monoisotopic (exact) mass is 580 g/mol. The number of methoxy groups -OCH3 is 1. The molecule has 3 rings (SSSR count). The zero-order valence-corrected chi connectivity index (χ0v) is 20.8. The topological polar surface area (TPSA) is 93.1 Å². The van der Waals surface area contributed by atoms with Crippen LogP contribution in [0.4, 0.5) is 26.3 Å². The lowest BCUT2D eigenvalue weighted by Crippen LogP contribution is -2.35. The Kier molecular flexibility index (Phi) is 8.12. The lowest BCUT2D eigenvalue weighted by molar-refractivity contribution is -0.0469. The summed E-state index contributed by atoms with van der Waals surface area (Å²) in [4.78, 5) is 0. The highest BCUT2D eigenvalue weighted by Crippen LogP contribution is 2.47. The van der Waals surface area contributed by atoms with Gasteiger partial charge in [-0.1, -0.05) is 60.7 Å². The van der Waals surface area contributed by atoms with Crippen molar-refractivity contribution in [1.82, 2.24) is 4.31 Å². The van der Waals surface area contributed by atoms with Gasteiger partial charge < -0.3 is 4.74 Å². The fourth-order valence-corrected chi connectivity index (χ4v) is 4.55. The van der Waals surface area contributed by atoms with E-state index in [4.69, 9.17) is 4.74 Å². The summed E-state index contributed by atoms with van der Waals surface area (Å²) >= 11 is 0. The van der Waals surface area contributed by atoms with Crippen molar-refractivity contribution >= 4 is 32.3 Å². The molecule has 0 saturated heterocycles. The Morgan fingerprint density at radius 2 is 1.47 bits per heavy atom. The number of nitrogens with zero attached hydrogens (tertiary/aromatic N) is 2. The van der Waals surface area contributed by atoms with Crippen molar-refractivity contribution in [3.05, 3.63) is 84.2 Å². The Hall–Kier alpha value is -3.59. The number of hydrogen-bond donors (Lipinski definition) is 0. The first-order valence-electron chi connectivity index (χ1n) is 10.4. The molecular weight excluding hydrogens is 562 g/mol. The average Bonchev–Trinajstić information content (AvgIpc) is 2.94. The molecule has 1 heterocycles. The number of rotatable bonds is 7. The second-order valence-corrected chi connectivity index (χ2v) is 11.0. The second kappa shape index (κ2) is 10.6. The Balaban J connectivity index is 1.97. The summed E-state index contributed by atoms with van der Waals surface area (Å²) in [5.74, 6) is -0.359. The van der Waals surface area contributed by atoms with Crippen LogP contribution in [0.5, 0.6) is 5.75 Å². The molecule has 0 atom stereocenters. The van der Waals surface area contributed by atoms with Crippen LogP contribution in [-0.4, -0.2) is 45.5 Å². The number of hydrogen-bond acceptors (Lipinski definition) is 5. The summed E-state index contributed by atoms with van der Waals surface area (Å²) < 4.78 is 129. The van der Waals surface area contributed by atoms with Crippen molar-refractivity contribution in [2.45, 2.75) is 16.9 Å². The van der Waals surface area contributed by atoms with E-state index in [0.717, 1.165) is 18.5 Å². The molecule has 0 aromatic carbocycles. The molecule has 0 N–H and O–H groups in total. The molecule has 204 valence electrons. The first-order chi connectivity index (χ1) is 17.6. The van der Waals surface area contributed by atoms with Crippen LogP contribution in [0.3, 0.4) is 0 Å². The lowest BCUT2D eigenvalue weighted by Gasteiger charge is -2.23. The second-order valence-electron chi connectivity index (χ2n) is 7.51. The Labute approximate surface area is 214 Å². The quantitative estimate of drug-likeness (QED) is 0.243. The predicted molar refractivity (Wildman–Crippen MR) is 129 cm³/mol. The molecule has 2 aliphatic carbocycles. The van der Waals surface area contributed by atoms with E-state index < -0.39 is 37.0 Å². The first kappa shape index (κ1) is 29.0. The number of sulfonamides is 2. The van der Waals surface area contributed by atoms with Gasteiger partial charge in [0.2, 0.25) is 0 Å². The van der Waals surface area contributed by atoms with E-state index in [2.05, 4.69) is 4.40 Å². The number of ether oxygens (including phenoxy) is 1. The minimum atomic E-state index is -5.66. The van der Waals surface area contributed by atoms with Gasteiger partial charge in [0.15, 0.2) is 0 Å². The molecule has 0 aromatic rings. The van der Waals surface area contributed by atoms with E-state index in [9.17, 15) is 43.2 Å². The van der Waals surface area contributed by atoms with Crippen molar-refractivity contribution in [2.24, 2.45) is 4.40 Å². The Morgan fingerprint density at radius 3 is 2.03 bits per heavy atom. The predicted octanol–water partition coefficient (Wildman–Crippen LogP) is 5.57. The van der Waals surface area contributed by atoms with Gasteiger partial charge in [0, 0.05) is 35.7 Å². The van der Waals surface area contributed by atoms with Crippen molar-refractivity contribution < 1.29 is 47.9 Å². The summed E-state index contributed by atoms with van der Waals surface area (Å²) in [5, 5.41) is 0. The molecular formula is C23H18F6N2O5S2. The minimum Gasteiger partial charge on any atom is -0.496 e. The van der Waals surface area contributed by atoms with Crippen LogP contribution in [0.1, 0.15) is 17.0 Å². The maximum Gasteiger partial charge on any atom is 0.518 e. The van der Waals surface area contributed by atoms with E-state index in [1.807, 2.05) is 0 Å². The number of fused-ring (bicyclic) bond motifs is 1. The van der Waals surface area contributed by atoms with Gasteiger partial charge in [-0.25, -0.2) is 4.31 Å². The molecule has 0 unspecified atom stereocenters. The molecule has 3 aliphatic rings. The molecule has 0 fully saturated rings. The fraction of sp³-hybridized carbons (Fsp3) is 0.174. The van der Waals surface area contributed by atoms with E-state index in [1.165, 1.54) is 37.5 Å². The van der Waals surface area contributed by atoms with Crippen LogP contribution in [0.15, 0.2) is 77.5 Å². The molecule has 0 bridgehead atoms. The Morgan fingerprint density at radius 1 is 0.868 bits per heavy atom. The highest BCUT2D eigenvalue weighted by molar-refractivity contribution is 7.91. The molecule has 7 nitrogen and oxygen atoms in total. The molecule has 1 aliphatic heterocycles. The molecule has 38 heavy (non-hydrogen) atoms. The third kappa shape index (κ3) is 5.78. The smallest absolute Gasteiger partial charge is 0.496 e. The number of allylic oxidation sites excluding steroid dienone is 5. The van der Waals surface area contributed by atoms with Crippen LogP contribution in [-0.2, 0) is 20.0 Å². The van der Waals surface area contributed by atoms with E-state index in [1.54, 1.807) is 30.3 Å².